The fraction of sp³-hybridized carbons (Fsp3) is 0.417. The molecular weight excluding hydrogens is 228 g/mol. The summed E-state index contributed by atoms with van der Waals surface area (Å²) in [7, 11) is 0. The highest BCUT2D eigenvalue weighted by atomic mass is 19.2. The monoisotopic (exact) mass is 239 g/mol. The molecule has 2 aliphatic rings. The van der Waals surface area contributed by atoms with Crippen molar-refractivity contribution in [3.05, 3.63) is 35.4 Å². The van der Waals surface area contributed by atoms with Crippen LogP contribution in [0.2, 0.25) is 0 Å². The number of carbonyl (C=O) groups excluding carboxylic acids is 1. The summed E-state index contributed by atoms with van der Waals surface area (Å²) in [6, 6.07) is 3.29. The van der Waals surface area contributed by atoms with Crippen LogP contribution in [0, 0.1) is 17.6 Å². The van der Waals surface area contributed by atoms with Crippen molar-refractivity contribution >= 4 is 6.09 Å². The molecule has 1 aliphatic heterocycles. The Balaban J connectivity index is 1.90. The number of nitrogens with one attached hydrogen (secondary N) is 1. The smallest absolute Gasteiger partial charge is 0.408 e. The summed E-state index contributed by atoms with van der Waals surface area (Å²) in [5, 5.41) is 2.64. The average Bonchev–Trinajstić information content (AvgIpc) is 3.06. The molecule has 17 heavy (non-hydrogen) atoms. The molecule has 1 saturated heterocycles. The van der Waals surface area contributed by atoms with Crippen LogP contribution in [0.5, 0.6) is 0 Å². The summed E-state index contributed by atoms with van der Waals surface area (Å²) >= 11 is 0. The maximum Gasteiger partial charge on any atom is 0.408 e. The van der Waals surface area contributed by atoms with E-state index in [9.17, 15) is 13.6 Å². The number of ether oxygens (including phenoxy) is 1. The van der Waals surface area contributed by atoms with Gasteiger partial charge in [-0.1, -0.05) is 6.07 Å². The van der Waals surface area contributed by atoms with Crippen molar-refractivity contribution in [1.29, 1.82) is 0 Å². The van der Waals surface area contributed by atoms with Gasteiger partial charge in [0.1, 0.15) is 6.10 Å². The normalized spacial score (nSPS) is 27.8. The minimum Gasteiger partial charge on any atom is -0.443 e. The molecule has 1 aromatic rings. The van der Waals surface area contributed by atoms with Crippen LogP contribution >= 0.6 is 0 Å². The molecule has 3 rings (SSSR count). The summed E-state index contributed by atoms with van der Waals surface area (Å²) in [5.41, 5.74) is 0.548. The summed E-state index contributed by atoms with van der Waals surface area (Å²) in [5.74, 6) is -1.45. The Morgan fingerprint density at radius 1 is 1.24 bits per heavy atom. The first kappa shape index (κ1) is 10.5. The molecule has 1 aromatic carbocycles. The van der Waals surface area contributed by atoms with E-state index >= 15 is 0 Å². The second-order valence-corrected chi connectivity index (χ2v) is 4.50. The van der Waals surface area contributed by atoms with Crippen molar-refractivity contribution in [2.75, 3.05) is 0 Å². The van der Waals surface area contributed by atoms with E-state index in [0.29, 0.717) is 11.5 Å². The van der Waals surface area contributed by atoms with Crippen LogP contribution in [0.25, 0.3) is 0 Å². The molecule has 0 radical (unpaired) electrons. The van der Waals surface area contributed by atoms with Crippen LogP contribution < -0.4 is 5.32 Å². The Bertz CT molecular complexity index is 474. The third-order valence-electron chi connectivity index (χ3n) is 3.23. The highest BCUT2D eigenvalue weighted by Gasteiger charge is 2.45. The van der Waals surface area contributed by atoms with Gasteiger partial charge in [0.15, 0.2) is 11.6 Å². The van der Waals surface area contributed by atoms with Gasteiger partial charge in [-0.15, -0.1) is 0 Å². The molecule has 2 atom stereocenters. The molecule has 0 bridgehead atoms. The molecule has 2 unspecified atom stereocenters. The zero-order valence-corrected chi connectivity index (χ0v) is 8.95. The topological polar surface area (TPSA) is 38.3 Å². The van der Waals surface area contributed by atoms with Gasteiger partial charge in [-0.3, -0.25) is 0 Å². The molecule has 5 heteroatoms. The number of alkyl carbamates (subject to hydrolysis) is 1. The fourth-order valence-electron chi connectivity index (χ4n) is 2.21. The van der Waals surface area contributed by atoms with Gasteiger partial charge in [-0.2, -0.15) is 0 Å². The average molecular weight is 239 g/mol. The Kier molecular flexibility index (Phi) is 2.28. The van der Waals surface area contributed by atoms with Crippen LogP contribution in [0.15, 0.2) is 18.2 Å². The molecule has 1 amide bonds. The molecule has 90 valence electrons. The first-order chi connectivity index (χ1) is 8.15. The second-order valence-electron chi connectivity index (χ2n) is 4.50. The number of hydrogen-bond donors (Lipinski definition) is 1. The lowest BCUT2D eigenvalue weighted by atomic mass is 9.99. The molecule has 1 aliphatic carbocycles. The number of rotatable bonds is 2. The molecule has 1 heterocycles. The number of cyclic esters (lactones) is 1. The Hall–Kier alpha value is -1.65. The molecular formula is C12H11F2NO2. The van der Waals surface area contributed by atoms with Crippen molar-refractivity contribution < 1.29 is 18.3 Å². The quantitative estimate of drug-likeness (QED) is 0.861. The van der Waals surface area contributed by atoms with Gasteiger partial charge in [0, 0.05) is 0 Å². The summed E-state index contributed by atoms with van der Waals surface area (Å²) in [4.78, 5) is 11.2. The highest BCUT2D eigenvalue weighted by Crippen LogP contribution is 2.42. The number of benzene rings is 1. The van der Waals surface area contributed by atoms with Crippen molar-refractivity contribution in [2.24, 2.45) is 5.92 Å². The van der Waals surface area contributed by atoms with Gasteiger partial charge < -0.3 is 10.1 Å². The van der Waals surface area contributed by atoms with E-state index in [2.05, 4.69) is 5.32 Å². The van der Waals surface area contributed by atoms with Crippen molar-refractivity contribution in [1.82, 2.24) is 5.32 Å². The van der Waals surface area contributed by atoms with E-state index in [-0.39, 0.29) is 12.1 Å². The summed E-state index contributed by atoms with van der Waals surface area (Å²) in [6.45, 7) is 0. The molecule has 1 saturated carbocycles. The highest BCUT2D eigenvalue weighted by molar-refractivity contribution is 5.71. The van der Waals surface area contributed by atoms with E-state index in [1.807, 2.05) is 0 Å². The third kappa shape index (κ3) is 1.85. The van der Waals surface area contributed by atoms with Crippen LogP contribution in [-0.2, 0) is 4.74 Å². The zero-order chi connectivity index (χ0) is 12.0. The van der Waals surface area contributed by atoms with E-state index in [1.165, 1.54) is 6.07 Å². The minimum absolute atomic E-state index is 0.257. The van der Waals surface area contributed by atoms with Gasteiger partial charge in [0.2, 0.25) is 0 Å². The Labute approximate surface area is 96.8 Å². The maximum atomic E-state index is 13.1. The molecule has 3 nitrogen and oxygen atoms in total. The van der Waals surface area contributed by atoms with Gasteiger partial charge in [-0.05, 0) is 36.5 Å². The number of amides is 1. The van der Waals surface area contributed by atoms with Gasteiger partial charge >= 0.3 is 6.09 Å². The molecule has 2 fully saturated rings. The zero-order valence-electron chi connectivity index (χ0n) is 8.95. The van der Waals surface area contributed by atoms with E-state index < -0.39 is 17.7 Å². The SMILES string of the molecule is O=C1NC(c2ccc(F)c(F)c2)C(C2CC2)O1. The minimum atomic E-state index is -0.904. The maximum absolute atomic E-state index is 13.1. The summed E-state index contributed by atoms with van der Waals surface area (Å²) in [6.07, 6.45) is 1.28. The molecule has 0 spiro atoms. The Morgan fingerprint density at radius 2 is 2.00 bits per heavy atom. The predicted molar refractivity (Wildman–Crippen MR) is 55.2 cm³/mol. The van der Waals surface area contributed by atoms with Crippen molar-refractivity contribution in [3.8, 4) is 0 Å². The Morgan fingerprint density at radius 3 is 2.65 bits per heavy atom. The van der Waals surface area contributed by atoms with Crippen LogP contribution in [0.1, 0.15) is 24.4 Å². The largest absolute Gasteiger partial charge is 0.443 e. The van der Waals surface area contributed by atoms with Crippen LogP contribution in [0.4, 0.5) is 13.6 Å². The fourth-order valence-corrected chi connectivity index (χ4v) is 2.21. The van der Waals surface area contributed by atoms with E-state index in [4.69, 9.17) is 4.74 Å². The number of carbonyl (C=O) groups is 1. The van der Waals surface area contributed by atoms with Crippen LogP contribution in [0.3, 0.4) is 0 Å². The predicted octanol–water partition coefficient (Wildman–Crippen LogP) is 2.52. The van der Waals surface area contributed by atoms with E-state index in [1.54, 1.807) is 0 Å². The number of halogens is 2. The molecule has 1 N–H and O–H groups in total. The van der Waals surface area contributed by atoms with Crippen LogP contribution in [-0.4, -0.2) is 12.2 Å². The number of hydrogen-bond acceptors (Lipinski definition) is 2. The van der Waals surface area contributed by atoms with Gasteiger partial charge in [0.05, 0.1) is 6.04 Å². The lowest BCUT2D eigenvalue weighted by Gasteiger charge is -2.16. The standard InChI is InChI=1S/C12H11F2NO2/c13-8-4-3-7(5-9(8)14)10-11(6-1-2-6)17-12(16)15-10/h3-6,10-11H,1-2H2,(H,15,16). The third-order valence-corrected chi connectivity index (χ3v) is 3.23. The lowest BCUT2D eigenvalue weighted by molar-refractivity contribution is 0.118. The van der Waals surface area contributed by atoms with E-state index in [0.717, 1.165) is 25.0 Å². The second kappa shape index (κ2) is 3.68. The first-order valence-electron chi connectivity index (χ1n) is 5.57. The van der Waals surface area contributed by atoms with Crippen molar-refractivity contribution in [2.45, 2.75) is 25.0 Å². The summed E-state index contributed by atoms with van der Waals surface area (Å²) < 4.78 is 31.1. The molecule has 0 aromatic heterocycles. The van der Waals surface area contributed by atoms with Crippen molar-refractivity contribution in [3.63, 3.8) is 0 Å². The first-order valence-corrected chi connectivity index (χ1v) is 5.57. The lowest BCUT2D eigenvalue weighted by Crippen LogP contribution is -2.24. The van der Waals surface area contributed by atoms with Gasteiger partial charge in [0.25, 0.3) is 0 Å². The van der Waals surface area contributed by atoms with Gasteiger partial charge in [-0.25, -0.2) is 13.6 Å².